The van der Waals surface area contributed by atoms with E-state index in [-0.39, 0.29) is 11.7 Å². The molecule has 2 aliphatic heterocycles. The van der Waals surface area contributed by atoms with Crippen molar-refractivity contribution in [1.29, 1.82) is 0 Å². The molecule has 0 aromatic carbocycles. The predicted molar refractivity (Wildman–Crippen MR) is 87.6 cm³/mol. The number of nitrogens with zero attached hydrogens (tertiary/aromatic N) is 5. The highest BCUT2D eigenvalue weighted by molar-refractivity contribution is 5.11. The van der Waals surface area contributed by atoms with Crippen molar-refractivity contribution in [3.8, 4) is 6.01 Å². The molecule has 0 N–H and O–H groups in total. The maximum Gasteiger partial charge on any atom is 0.316 e. The molecule has 4 rings (SSSR count). The maximum absolute atomic E-state index is 6.09. The molecule has 1 spiro atoms. The second kappa shape index (κ2) is 6.14. The Balaban J connectivity index is 1.33. The second-order valence-electron chi connectivity index (χ2n) is 6.84. The van der Waals surface area contributed by atoms with Gasteiger partial charge >= 0.3 is 6.01 Å². The molecule has 1 atom stereocenters. The van der Waals surface area contributed by atoms with Gasteiger partial charge in [0.1, 0.15) is 6.10 Å². The van der Waals surface area contributed by atoms with Crippen molar-refractivity contribution in [3.05, 3.63) is 35.9 Å². The minimum absolute atomic E-state index is 0.0780. The van der Waals surface area contributed by atoms with Gasteiger partial charge in [0.15, 0.2) is 0 Å². The van der Waals surface area contributed by atoms with Crippen molar-refractivity contribution >= 4 is 0 Å². The van der Waals surface area contributed by atoms with Crippen LogP contribution >= 0.6 is 0 Å². The van der Waals surface area contributed by atoms with Crippen LogP contribution in [0.1, 0.15) is 24.2 Å². The Morgan fingerprint density at radius 2 is 2.12 bits per heavy atom. The summed E-state index contributed by atoms with van der Waals surface area (Å²) in [4.78, 5) is 10.7. The first kappa shape index (κ1) is 15.5. The van der Waals surface area contributed by atoms with Gasteiger partial charge in [0, 0.05) is 51.9 Å². The van der Waals surface area contributed by atoms with Crippen molar-refractivity contribution in [2.24, 2.45) is 7.05 Å². The quantitative estimate of drug-likeness (QED) is 0.843. The first-order valence-electron chi connectivity index (χ1n) is 8.41. The van der Waals surface area contributed by atoms with Gasteiger partial charge in [0.05, 0.1) is 23.6 Å². The Hall–Kier alpha value is -1.99. The van der Waals surface area contributed by atoms with E-state index in [1.807, 2.05) is 18.7 Å². The van der Waals surface area contributed by atoms with E-state index in [0.717, 1.165) is 44.8 Å². The summed E-state index contributed by atoms with van der Waals surface area (Å²) < 4.78 is 14.0. The lowest BCUT2D eigenvalue weighted by Crippen LogP contribution is -2.65. The van der Waals surface area contributed by atoms with Crippen LogP contribution in [0.3, 0.4) is 0 Å². The monoisotopic (exact) mass is 329 g/mol. The maximum atomic E-state index is 6.09. The average molecular weight is 329 g/mol. The van der Waals surface area contributed by atoms with Crippen LogP contribution in [0.4, 0.5) is 0 Å². The van der Waals surface area contributed by atoms with Gasteiger partial charge in [-0.05, 0) is 19.1 Å². The summed E-state index contributed by atoms with van der Waals surface area (Å²) in [5, 5.41) is 4.41. The third-order valence-electron chi connectivity index (χ3n) is 4.77. The molecule has 24 heavy (non-hydrogen) atoms. The van der Waals surface area contributed by atoms with E-state index in [1.54, 1.807) is 18.5 Å². The van der Waals surface area contributed by atoms with E-state index < -0.39 is 0 Å². The lowest BCUT2D eigenvalue weighted by Gasteiger charge is -2.52. The zero-order valence-corrected chi connectivity index (χ0v) is 14.2. The largest absolute Gasteiger partial charge is 0.460 e. The zero-order chi connectivity index (χ0) is 16.6. The lowest BCUT2D eigenvalue weighted by molar-refractivity contribution is -0.189. The molecule has 0 aliphatic carbocycles. The molecule has 4 heterocycles. The summed E-state index contributed by atoms with van der Waals surface area (Å²) in [5.74, 6) is 0. The Labute approximate surface area is 141 Å². The number of aryl methyl sites for hydroxylation is 2. The number of aromatic nitrogens is 4. The van der Waals surface area contributed by atoms with Gasteiger partial charge in [0.25, 0.3) is 0 Å². The van der Waals surface area contributed by atoms with Crippen LogP contribution < -0.4 is 4.74 Å². The minimum atomic E-state index is -0.0780. The molecule has 2 saturated heterocycles. The van der Waals surface area contributed by atoms with Crippen LogP contribution in [0.25, 0.3) is 0 Å². The molecule has 0 saturated carbocycles. The molecular weight excluding hydrogens is 306 g/mol. The minimum Gasteiger partial charge on any atom is -0.460 e. The van der Waals surface area contributed by atoms with E-state index in [9.17, 15) is 0 Å². The SMILES string of the molecule is Cc1cc(CN2CC3(C[C@@H](Oc4ncccn4)CCO3)C2)n(C)n1. The van der Waals surface area contributed by atoms with Crippen LogP contribution in [-0.2, 0) is 18.3 Å². The first-order chi connectivity index (χ1) is 11.6. The van der Waals surface area contributed by atoms with Crippen molar-refractivity contribution in [2.45, 2.75) is 38.0 Å². The highest BCUT2D eigenvalue weighted by Gasteiger charge is 2.48. The van der Waals surface area contributed by atoms with Crippen molar-refractivity contribution in [2.75, 3.05) is 19.7 Å². The van der Waals surface area contributed by atoms with E-state index in [1.165, 1.54) is 5.69 Å². The number of rotatable bonds is 4. The van der Waals surface area contributed by atoms with Gasteiger partial charge in [-0.3, -0.25) is 9.58 Å². The Morgan fingerprint density at radius 3 is 2.83 bits per heavy atom. The summed E-state index contributed by atoms with van der Waals surface area (Å²) in [6.45, 7) is 5.55. The zero-order valence-electron chi connectivity index (χ0n) is 14.2. The molecule has 2 aromatic heterocycles. The standard InChI is InChI=1S/C17H23N5O2/c1-13-8-14(21(2)20-13)10-22-11-17(12-22)9-15(4-7-23-17)24-16-18-5-3-6-19-16/h3,5-6,8,15H,4,7,9-12H2,1-2H3/t15-/m0/s1. The molecule has 128 valence electrons. The molecule has 7 nitrogen and oxygen atoms in total. The highest BCUT2D eigenvalue weighted by atomic mass is 16.5. The molecule has 0 amide bonds. The molecule has 7 heteroatoms. The topological polar surface area (TPSA) is 65.3 Å². The molecule has 2 fully saturated rings. The molecular formula is C17H23N5O2. The fourth-order valence-corrected chi connectivity index (χ4v) is 3.72. The van der Waals surface area contributed by atoms with Crippen LogP contribution in [0.15, 0.2) is 24.5 Å². The molecule has 0 bridgehead atoms. The summed E-state index contributed by atoms with van der Waals surface area (Å²) in [6.07, 6.45) is 5.33. The van der Waals surface area contributed by atoms with E-state index >= 15 is 0 Å². The Bertz CT molecular complexity index is 696. The lowest BCUT2D eigenvalue weighted by atomic mass is 9.84. The van der Waals surface area contributed by atoms with Crippen molar-refractivity contribution in [3.63, 3.8) is 0 Å². The van der Waals surface area contributed by atoms with E-state index in [2.05, 4.69) is 26.0 Å². The normalized spacial score (nSPS) is 23.2. The Morgan fingerprint density at radius 1 is 1.33 bits per heavy atom. The van der Waals surface area contributed by atoms with Crippen LogP contribution in [0.5, 0.6) is 6.01 Å². The van der Waals surface area contributed by atoms with Crippen LogP contribution in [0, 0.1) is 6.92 Å². The molecule has 0 unspecified atom stereocenters. The van der Waals surface area contributed by atoms with Crippen LogP contribution in [0.2, 0.25) is 0 Å². The molecule has 2 aliphatic rings. The van der Waals surface area contributed by atoms with Crippen molar-refractivity contribution < 1.29 is 9.47 Å². The molecule has 0 radical (unpaired) electrons. The van der Waals surface area contributed by atoms with Gasteiger partial charge in [-0.2, -0.15) is 5.10 Å². The number of ether oxygens (including phenoxy) is 2. The van der Waals surface area contributed by atoms with Gasteiger partial charge in [-0.25, -0.2) is 9.97 Å². The Kier molecular flexibility index (Phi) is 3.97. The predicted octanol–water partition coefficient (Wildman–Crippen LogP) is 1.33. The van der Waals surface area contributed by atoms with E-state index in [0.29, 0.717) is 6.01 Å². The van der Waals surface area contributed by atoms with Gasteiger partial charge in [-0.1, -0.05) is 0 Å². The van der Waals surface area contributed by atoms with Crippen LogP contribution in [-0.4, -0.2) is 56.0 Å². The van der Waals surface area contributed by atoms with Gasteiger partial charge < -0.3 is 9.47 Å². The van der Waals surface area contributed by atoms with Gasteiger partial charge in [-0.15, -0.1) is 0 Å². The highest BCUT2D eigenvalue weighted by Crippen LogP contribution is 2.36. The summed E-state index contributed by atoms with van der Waals surface area (Å²) in [6, 6.07) is 4.40. The number of likely N-dealkylation sites (tertiary alicyclic amines) is 1. The summed E-state index contributed by atoms with van der Waals surface area (Å²) >= 11 is 0. The molecule has 2 aromatic rings. The van der Waals surface area contributed by atoms with E-state index in [4.69, 9.17) is 9.47 Å². The third kappa shape index (κ3) is 3.14. The number of hydrogen-bond acceptors (Lipinski definition) is 6. The number of hydrogen-bond donors (Lipinski definition) is 0. The summed E-state index contributed by atoms with van der Waals surface area (Å²) in [7, 11) is 2.00. The van der Waals surface area contributed by atoms with Crippen molar-refractivity contribution in [1.82, 2.24) is 24.6 Å². The first-order valence-corrected chi connectivity index (χ1v) is 8.41. The fourth-order valence-electron chi connectivity index (χ4n) is 3.72. The second-order valence-corrected chi connectivity index (χ2v) is 6.84. The average Bonchev–Trinajstić information content (AvgIpc) is 2.85. The third-order valence-corrected chi connectivity index (χ3v) is 4.77. The van der Waals surface area contributed by atoms with Gasteiger partial charge in [0.2, 0.25) is 0 Å². The smallest absolute Gasteiger partial charge is 0.316 e. The fraction of sp³-hybridized carbons (Fsp3) is 0.588. The summed E-state index contributed by atoms with van der Waals surface area (Å²) in [5.41, 5.74) is 2.22.